The predicted molar refractivity (Wildman–Crippen MR) is 59.5 cm³/mol. The van der Waals surface area contributed by atoms with Crippen molar-refractivity contribution in [2.45, 2.75) is 25.8 Å². The lowest BCUT2D eigenvalue weighted by molar-refractivity contribution is -0.121. The number of nitrogens with one attached hydrogen (secondary N) is 1. The smallest absolute Gasteiger partial charge is 0.377 e. The molecule has 0 rings (SSSR count). The second-order valence-electron chi connectivity index (χ2n) is 3.15. The molecule has 0 atom stereocenters. The summed E-state index contributed by atoms with van der Waals surface area (Å²) in [5, 5.41) is 2.80. The van der Waals surface area contributed by atoms with Crippen LogP contribution in [0.3, 0.4) is 0 Å². The molecule has 0 saturated heterocycles. The van der Waals surface area contributed by atoms with Gasteiger partial charge in [-0.3, -0.25) is 4.79 Å². The quantitative estimate of drug-likeness (QED) is 0.632. The van der Waals surface area contributed by atoms with Crippen LogP contribution in [0, 0.1) is 0 Å². The molecule has 6 heteroatoms. The molecule has 1 amide bonds. The summed E-state index contributed by atoms with van der Waals surface area (Å²) in [6.07, 6.45) is 1.41. The predicted octanol–water partition coefficient (Wildman–Crippen LogP) is 0.781. The van der Waals surface area contributed by atoms with E-state index in [0.717, 1.165) is 6.42 Å². The highest BCUT2D eigenvalue weighted by Crippen LogP contribution is 2.11. The summed E-state index contributed by atoms with van der Waals surface area (Å²) < 4.78 is 15.7. The van der Waals surface area contributed by atoms with Gasteiger partial charge in [-0.2, -0.15) is 0 Å². The Bertz CT molecular complexity index is 177. The van der Waals surface area contributed by atoms with Gasteiger partial charge in [-0.1, -0.05) is 6.92 Å². The van der Waals surface area contributed by atoms with E-state index >= 15 is 0 Å². The van der Waals surface area contributed by atoms with Gasteiger partial charge in [0.05, 0.1) is 0 Å². The van der Waals surface area contributed by atoms with Crippen molar-refractivity contribution in [2.24, 2.45) is 0 Å². The lowest BCUT2D eigenvalue weighted by Gasteiger charge is -2.24. The molecule has 0 aromatic rings. The molecule has 1 N–H and O–H groups in total. The first kappa shape index (κ1) is 14.6. The Morgan fingerprint density at radius 2 is 1.73 bits per heavy atom. The molecule has 0 fully saturated rings. The first-order chi connectivity index (χ1) is 7.14. The summed E-state index contributed by atoms with van der Waals surface area (Å²) in [5.74, 6) is 0.0590. The Morgan fingerprint density at radius 3 is 2.13 bits per heavy atom. The molecule has 5 nitrogen and oxygen atoms in total. The molecule has 0 bridgehead atoms. The molecular weight excluding hydrogens is 214 g/mol. The zero-order chi connectivity index (χ0) is 11.7. The number of carbonyl (C=O) groups excluding carboxylic acids is 1. The fourth-order valence-electron chi connectivity index (χ4n) is 1.23. The summed E-state index contributed by atoms with van der Waals surface area (Å²) in [6, 6.07) is 0.589. The van der Waals surface area contributed by atoms with E-state index in [2.05, 4.69) is 5.32 Å². The van der Waals surface area contributed by atoms with Crippen LogP contribution in [0.4, 0.5) is 0 Å². The van der Waals surface area contributed by atoms with Gasteiger partial charge in [0.1, 0.15) is 0 Å². The zero-order valence-corrected chi connectivity index (χ0v) is 11.0. The first-order valence-corrected chi connectivity index (χ1v) is 6.99. The van der Waals surface area contributed by atoms with E-state index in [9.17, 15) is 4.79 Å². The van der Waals surface area contributed by atoms with E-state index in [1.165, 1.54) is 0 Å². The summed E-state index contributed by atoms with van der Waals surface area (Å²) >= 11 is 0. The van der Waals surface area contributed by atoms with E-state index in [1.54, 1.807) is 21.3 Å². The van der Waals surface area contributed by atoms with Gasteiger partial charge in [0.15, 0.2) is 0 Å². The standard InChI is InChI=1S/C9H21NO4Si/c1-5-6-9(11)10-7-8-15(12-2,13-3)14-4/h5-8H2,1-4H3,(H,10,11). The van der Waals surface area contributed by atoms with E-state index < -0.39 is 8.80 Å². The minimum atomic E-state index is -2.52. The minimum Gasteiger partial charge on any atom is -0.377 e. The largest absolute Gasteiger partial charge is 0.501 e. The first-order valence-electron chi connectivity index (χ1n) is 5.06. The number of hydrogen-bond acceptors (Lipinski definition) is 4. The van der Waals surface area contributed by atoms with Crippen molar-refractivity contribution >= 4 is 14.7 Å². The average molecular weight is 235 g/mol. The number of amides is 1. The average Bonchev–Trinajstić information content (AvgIpc) is 2.25. The highest BCUT2D eigenvalue weighted by molar-refractivity contribution is 6.60. The van der Waals surface area contributed by atoms with Gasteiger partial charge in [-0.15, -0.1) is 0 Å². The van der Waals surface area contributed by atoms with E-state index in [-0.39, 0.29) is 5.91 Å². The fraction of sp³-hybridized carbons (Fsp3) is 0.889. The number of rotatable bonds is 8. The second kappa shape index (κ2) is 7.81. The SMILES string of the molecule is CCCC(=O)NCC[Si](OC)(OC)OC. The van der Waals surface area contributed by atoms with Crippen LogP contribution in [0.25, 0.3) is 0 Å². The Balaban J connectivity index is 3.85. The van der Waals surface area contributed by atoms with Crippen molar-refractivity contribution in [1.29, 1.82) is 0 Å². The molecule has 0 radical (unpaired) electrons. The van der Waals surface area contributed by atoms with Crippen molar-refractivity contribution in [3.8, 4) is 0 Å². The highest BCUT2D eigenvalue weighted by atomic mass is 28.4. The molecule has 90 valence electrons. The van der Waals surface area contributed by atoms with Crippen LogP contribution < -0.4 is 5.32 Å². The second-order valence-corrected chi connectivity index (χ2v) is 6.24. The minimum absolute atomic E-state index is 0.0590. The van der Waals surface area contributed by atoms with Crippen LogP contribution in [-0.4, -0.2) is 42.6 Å². The Morgan fingerprint density at radius 1 is 1.20 bits per heavy atom. The summed E-state index contributed by atoms with van der Waals surface area (Å²) in [4.78, 5) is 11.2. The molecule has 0 saturated carbocycles. The molecule has 0 heterocycles. The molecule has 0 aliphatic carbocycles. The summed E-state index contributed by atoms with van der Waals surface area (Å²) in [5.41, 5.74) is 0. The lowest BCUT2D eigenvalue weighted by atomic mass is 10.3. The van der Waals surface area contributed by atoms with E-state index in [4.69, 9.17) is 13.3 Å². The number of carbonyl (C=O) groups is 1. The Kier molecular flexibility index (Phi) is 7.58. The van der Waals surface area contributed by atoms with Crippen molar-refractivity contribution in [1.82, 2.24) is 5.32 Å². The molecule has 0 aromatic carbocycles. The molecule has 0 spiro atoms. The normalized spacial score (nSPS) is 11.5. The van der Waals surface area contributed by atoms with Crippen molar-refractivity contribution in [2.75, 3.05) is 27.9 Å². The van der Waals surface area contributed by atoms with Gasteiger partial charge in [0, 0.05) is 40.3 Å². The van der Waals surface area contributed by atoms with Crippen LogP contribution >= 0.6 is 0 Å². The topological polar surface area (TPSA) is 56.8 Å². The van der Waals surface area contributed by atoms with Crippen molar-refractivity contribution in [3.63, 3.8) is 0 Å². The highest BCUT2D eigenvalue weighted by Gasteiger charge is 2.37. The van der Waals surface area contributed by atoms with Crippen molar-refractivity contribution in [3.05, 3.63) is 0 Å². The summed E-state index contributed by atoms with van der Waals surface area (Å²) in [6.45, 7) is 2.50. The van der Waals surface area contributed by atoms with Crippen LogP contribution in [0.5, 0.6) is 0 Å². The Labute approximate surface area is 92.5 Å². The van der Waals surface area contributed by atoms with E-state index in [1.807, 2.05) is 6.92 Å². The maximum absolute atomic E-state index is 11.2. The zero-order valence-electron chi connectivity index (χ0n) is 9.96. The molecule has 15 heavy (non-hydrogen) atoms. The monoisotopic (exact) mass is 235 g/mol. The summed E-state index contributed by atoms with van der Waals surface area (Å²) in [7, 11) is 2.17. The van der Waals surface area contributed by atoms with Crippen LogP contribution in [0.2, 0.25) is 6.04 Å². The fourth-order valence-corrected chi connectivity index (χ4v) is 2.77. The maximum Gasteiger partial charge on any atom is 0.501 e. The van der Waals surface area contributed by atoms with Gasteiger partial charge in [0.25, 0.3) is 0 Å². The van der Waals surface area contributed by atoms with Crippen LogP contribution in [0.15, 0.2) is 0 Å². The molecule has 0 aliphatic heterocycles. The third kappa shape index (κ3) is 5.27. The van der Waals surface area contributed by atoms with Gasteiger partial charge in [0.2, 0.25) is 5.91 Å². The molecule has 0 aliphatic rings. The van der Waals surface area contributed by atoms with Crippen LogP contribution in [0.1, 0.15) is 19.8 Å². The Hall–Kier alpha value is -0.433. The molecular formula is C9H21NO4Si. The van der Waals surface area contributed by atoms with Gasteiger partial charge >= 0.3 is 8.80 Å². The number of hydrogen-bond donors (Lipinski definition) is 1. The lowest BCUT2D eigenvalue weighted by Crippen LogP contribution is -2.45. The van der Waals surface area contributed by atoms with Gasteiger partial charge in [-0.25, -0.2) is 0 Å². The third-order valence-electron chi connectivity index (χ3n) is 2.16. The van der Waals surface area contributed by atoms with Crippen LogP contribution in [-0.2, 0) is 18.1 Å². The maximum atomic E-state index is 11.2. The molecule has 0 aromatic heterocycles. The van der Waals surface area contributed by atoms with Gasteiger partial charge in [-0.05, 0) is 6.42 Å². The van der Waals surface area contributed by atoms with Gasteiger partial charge < -0.3 is 18.6 Å². The van der Waals surface area contributed by atoms with E-state index in [0.29, 0.717) is 19.0 Å². The third-order valence-corrected chi connectivity index (χ3v) is 4.89. The van der Waals surface area contributed by atoms with Crippen molar-refractivity contribution < 1.29 is 18.1 Å². The molecule has 0 unspecified atom stereocenters.